The van der Waals surface area contributed by atoms with Crippen molar-refractivity contribution in [1.29, 1.82) is 0 Å². The Labute approximate surface area is 152 Å². The van der Waals surface area contributed by atoms with Crippen LogP contribution in [0.15, 0.2) is 28.7 Å². The summed E-state index contributed by atoms with van der Waals surface area (Å²) >= 11 is 3.48. The summed E-state index contributed by atoms with van der Waals surface area (Å²) in [6, 6.07) is 9.13. The van der Waals surface area contributed by atoms with Crippen LogP contribution >= 0.6 is 15.9 Å². The minimum Gasteiger partial charge on any atom is -0.371 e. The minimum absolute atomic E-state index is 0.0413. The van der Waals surface area contributed by atoms with Gasteiger partial charge < -0.3 is 15.5 Å². The van der Waals surface area contributed by atoms with Crippen LogP contribution in [0.25, 0.3) is 0 Å². The standard InChI is InChI=1S/C19H26BrN3O/c20-15-3-5-16(6-4-15)23-10-9-13(12-23)11-21-19(24)18-8-7-17(22-18)14-1-2-14/h3-6,13-14,17-18,22H,1-2,7-12H2,(H,21,24). The molecule has 0 spiro atoms. The van der Waals surface area contributed by atoms with E-state index in [-0.39, 0.29) is 11.9 Å². The molecule has 4 rings (SSSR count). The number of amides is 1. The fourth-order valence-electron chi connectivity index (χ4n) is 4.10. The smallest absolute Gasteiger partial charge is 0.237 e. The molecule has 0 aromatic heterocycles. The molecule has 130 valence electrons. The van der Waals surface area contributed by atoms with E-state index in [1.54, 1.807) is 0 Å². The van der Waals surface area contributed by atoms with E-state index in [1.165, 1.54) is 24.9 Å². The zero-order valence-electron chi connectivity index (χ0n) is 14.0. The number of hydrogen-bond acceptors (Lipinski definition) is 3. The molecule has 2 aliphatic heterocycles. The van der Waals surface area contributed by atoms with Crippen molar-refractivity contribution in [2.24, 2.45) is 11.8 Å². The normalized spacial score (nSPS) is 29.9. The lowest BCUT2D eigenvalue weighted by Crippen LogP contribution is -2.44. The molecule has 3 unspecified atom stereocenters. The van der Waals surface area contributed by atoms with Crippen molar-refractivity contribution in [2.45, 2.75) is 44.2 Å². The highest BCUT2D eigenvalue weighted by molar-refractivity contribution is 9.10. The number of nitrogens with zero attached hydrogens (tertiary/aromatic N) is 1. The number of carbonyl (C=O) groups excluding carboxylic acids is 1. The molecule has 4 nitrogen and oxygen atoms in total. The van der Waals surface area contributed by atoms with Crippen molar-refractivity contribution in [2.75, 3.05) is 24.5 Å². The summed E-state index contributed by atoms with van der Waals surface area (Å²) in [5, 5.41) is 6.73. The summed E-state index contributed by atoms with van der Waals surface area (Å²) < 4.78 is 1.11. The number of anilines is 1. The second kappa shape index (κ2) is 7.04. The van der Waals surface area contributed by atoms with Crippen LogP contribution in [0.4, 0.5) is 5.69 Å². The minimum atomic E-state index is 0.0413. The van der Waals surface area contributed by atoms with Gasteiger partial charge in [0, 0.05) is 35.8 Å². The number of benzene rings is 1. The van der Waals surface area contributed by atoms with Crippen molar-refractivity contribution in [1.82, 2.24) is 10.6 Å². The molecule has 5 heteroatoms. The first-order valence-corrected chi connectivity index (χ1v) is 10.0. The third kappa shape index (κ3) is 3.77. The Bertz CT molecular complexity index is 587. The van der Waals surface area contributed by atoms with Crippen LogP contribution in [0.1, 0.15) is 32.1 Å². The summed E-state index contributed by atoms with van der Waals surface area (Å²) in [4.78, 5) is 14.8. The summed E-state index contributed by atoms with van der Waals surface area (Å²) in [5.41, 5.74) is 1.27. The highest BCUT2D eigenvalue weighted by Crippen LogP contribution is 2.37. The molecule has 2 saturated heterocycles. The number of carbonyl (C=O) groups is 1. The van der Waals surface area contributed by atoms with E-state index in [4.69, 9.17) is 0 Å². The molecule has 24 heavy (non-hydrogen) atoms. The number of halogens is 1. The quantitative estimate of drug-likeness (QED) is 0.810. The van der Waals surface area contributed by atoms with Gasteiger partial charge in [0.05, 0.1) is 6.04 Å². The van der Waals surface area contributed by atoms with E-state index in [9.17, 15) is 4.79 Å². The van der Waals surface area contributed by atoms with Gasteiger partial charge in [0.15, 0.2) is 0 Å². The van der Waals surface area contributed by atoms with Gasteiger partial charge in [-0.05, 0) is 68.2 Å². The molecule has 1 aliphatic carbocycles. The Hall–Kier alpha value is -1.07. The molecule has 3 aliphatic rings. The maximum absolute atomic E-state index is 12.4. The first-order chi connectivity index (χ1) is 11.7. The molecule has 2 N–H and O–H groups in total. The van der Waals surface area contributed by atoms with Crippen LogP contribution in [0.5, 0.6) is 0 Å². The van der Waals surface area contributed by atoms with E-state index in [1.807, 2.05) is 0 Å². The van der Waals surface area contributed by atoms with Crippen molar-refractivity contribution in [3.63, 3.8) is 0 Å². The lowest BCUT2D eigenvalue weighted by Gasteiger charge is -2.19. The first-order valence-electron chi connectivity index (χ1n) is 9.23. The molecule has 3 fully saturated rings. The van der Waals surface area contributed by atoms with E-state index in [0.717, 1.165) is 42.9 Å². The maximum Gasteiger partial charge on any atom is 0.237 e. The Morgan fingerprint density at radius 2 is 1.96 bits per heavy atom. The van der Waals surface area contributed by atoms with E-state index in [2.05, 4.69) is 55.7 Å². The molecule has 2 heterocycles. The van der Waals surface area contributed by atoms with Gasteiger partial charge in [0.2, 0.25) is 5.91 Å². The van der Waals surface area contributed by atoms with Crippen LogP contribution in [0.2, 0.25) is 0 Å². The Kier molecular flexibility index (Phi) is 4.81. The van der Waals surface area contributed by atoms with Gasteiger partial charge in [0.1, 0.15) is 0 Å². The molecule has 1 saturated carbocycles. The highest BCUT2D eigenvalue weighted by Gasteiger charge is 2.38. The van der Waals surface area contributed by atoms with Crippen molar-refractivity contribution < 1.29 is 4.79 Å². The van der Waals surface area contributed by atoms with Gasteiger partial charge >= 0.3 is 0 Å². The van der Waals surface area contributed by atoms with Crippen LogP contribution < -0.4 is 15.5 Å². The van der Waals surface area contributed by atoms with Crippen LogP contribution in [0.3, 0.4) is 0 Å². The fourth-order valence-corrected chi connectivity index (χ4v) is 4.37. The third-order valence-corrected chi connectivity index (χ3v) is 6.26. The van der Waals surface area contributed by atoms with Gasteiger partial charge in [-0.2, -0.15) is 0 Å². The molecular weight excluding hydrogens is 366 g/mol. The van der Waals surface area contributed by atoms with Gasteiger partial charge in [0.25, 0.3) is 0 Å². The maximum atomic E-state index is 12.4. The van der Waals surface area contributed by atoms with Crippen molar-refractivity contribution in [3.05, 3.63) is 28.7 Å². The second-order valence-electron chi connectivity index (χ2n) is 7.56. The zero-order valence-corrected chi connectivity index (χ0v) is 15.6. The molecule has 0 radical (unpaired) electrons. The SMILES string of the molecule is O=C(NCC1CCN(c2ccc(Br)cc2)C1)C1CCC(C2CC2)N1. The average Bonchev–Trinajstić information content (AvgIpc) is 3.13. The Balaban J connectivity index is 1.22. The van der Waals surface area contributed by atoms with Crippen molar-refractivity contribution >= 4 is 27.5 Å². The van der Waals surface area contributed by atoms with Crippen LogP contribution in [0, 0.1) is 11.8 Å². The predicted octanol–water partition coefficient (Wildman–Crippen LogP) is 2.92. The largest absolute Gasteiger partial charge is 0.371 e. The summed E-state index contributed by atoms with van der Waals surface area (Å²) in [7, 11) is 0. The van der Waals surface area contributed by atoms with Crippen LogP contribution in [-0.2, 0) is 4.79 Å². The van der Waals surface area contributed by atoms with Crippen LogP contribution in [-0.4, -0.2) is 37.6 Å². The Morgan fingerprint density at radius 1 is 1.17 bits per heavy atom. The summed E-state index contributed by atoms with van der Waals surface area (Å²) in [6.07, 6.45) is 6.02. The number of rotatable bonds is 5. The van der Waals surface area contributed by atoms with E-state index >= 15 is 0 Å². The molecular formula is C19H26BrN3O. The molecule has 1 aromatic rings. The number of nitrogens with one attached hydrogen (secondary N) is 2. The van der Waals surface area contributed by atoms with Gasteiger partial charge in [-0.25, -0.2) is 0 Å². The first kappa shape index (κ1) is 16.4. The van der Waals surface area contributed by atoms with Crippen molar-refractivity contribution in [3.8, 4) is 0 Å². The summed E-state index contributed by atoms with van der Waals surface area (Å²) in [6.45, 7) is 2.91. The topological polar surface area (TPSA) is 44.4 Å². The lowest BCUT2D eigenvalue weighted by atomic mass is 10.1. The summed E-state index contributed by atoms with van der Waals surface area (Å²) in [5.74, 6) is 1.61. The lowest BCUT2D eigenvalue weighted by molar-refractivity contribution is -0.123. The van der Waals surface area contributed by atoms with E-state index < -0.39 is 0 Å². The second-order valence-corrected chi connectivity index (χ2v) is 8.48. The van der Waals surface area contributed by atoms with Gasteiger partial charge in [-0.15, -0.1) is 0 Å². The highest BCUT2D eigenvalue weighted by atomic mass is 79.9. The molecule has 1 aromatic carbocycles. The van der Waals surface area contributed by atoms with Gasteiger partial charge in [-0.3, -0.25) is 4.79 Å². The molecule has 0 bridgehead atoms. The average molecular weight is 392 g/mol. The monoisotopic (exact) mass is 391 g/mol. The van der Waals surface area contributed by atoms with Gasteiger partial charge in [-0.1, -0.05) is 15.9 Å². The number of hydrogen-bond donors (Lipinski definition) is 2. The zero-order chi connectivity index (χ0) is 16.5. The van der Waals surface area contributed by atoms with E-state index in [0.29, 0.717) is 12.0 Å². The third-order valence-electron chi connectivity index (χ3n) is 5.73. The molecule has 1 amide bonds. The Morgan fingerprint density at radius 3 is 2.71 bits per heavy atom. The fraction of sp³-hybridized carbons (Fsp3) is 0.632. The molecule has 3 atom stereocenters. The predicted molar refractivity (Wildman–Crippen MR) is 100 cm³/mol.